The number of hydrogen-bond acceptors (Lipinski definition) is 3. The summed E-state index contributed by atoms with van der Waals surface area (Å²) in [7, 11) is 1.59. The molecule has 7 heteroatoms. The molecule has 0 spiro atoms. The molecule has 7 nitrogen and oxygen atoms in total. The number of rotatable bonds is 7. The first kappa shape index (κ1) is 22.6. The third kappa shape index (κ3) is 5.26. The number of nitrogens with one attached hydrogen (secondary N) is 1. The van der Waals surface area contributed by atoms with E-state index in [9.17, 15) is 9.59 Å². The number of methoxy groups -OCH3 is 1. The van der Waals surface area contributed by atoms with Crippen molar-refractivity contribution in [1.82, 2.24) is 14.4 Å². The fourth-order valence-electron chi connectivity index (χ4n) is 4.27. The van der Waals surface area contributed by atoms with Crippen molar-refractivity contribution in [3.8, 4) is 0 Å². The number of carbonyl (C=O) groups is 2. The van der Waals surface area contributed by atoms with Crippen molar-refractivity contribution >= 4 is 17.6 Å². The largest absolute Gasteiger partial charge is 0.383 e. The second-order valence-electron chi connectivity index (χ2n) is 8.24. The summed E-state index contributed by atoms with van der Waals surface area (Å²) in [4.78, 5) is 30.0. The third-order valence-corrected chi connectivity index (χ3v) is 5.92. The number of urea groups is 1. The summed E-state index contributed by atoms with van der Waals surface area (Å²) in [6, 6.07) is 21.2. The number of aromatic nitrogens is 1. The molecule has 1 unspecified atom stereocenters. The van der Waals surface area contributed by atoms with Crippen LogP contribution in [-0.2, 0) is 16.1 Å². The number of ether oxygens (including phenoxy) is 1. The van der Waals surface area contributed by atoms with Crippen LogP contribution in [0.25, 0.3) is 0 Å². The van der Waals surface area contributed by atoms with Crippen LogP contribution in [0.3, 0.4) is 0 Å². The van der Waals surface area contributed by atoms with Crippen molar-refractivity contribution < 1.29 is 14.3 Å². The lowest BCUT2D eigenvalue weighted by atomic mass is 10.00. The molecule has 4 rings (SSSR count). The van der Waals surface area contributed by atoms with E-state index in [0.29, 0.717) is 25.4 Å². The Hall–Kier alpha value is -3.58. The second kappa shape index (κ2) is 10.4. The number of carbonyl (C=O) groups excluding carboxylic acids is 2. The van der Waals surface area contributed by atoms with Gasteiger partial charge in [-0.3, -0.25) is 4.79 Å². The summed E-state index contributed by atoms with van der Waals surface area (Å²) in [6.45, 7) is 3.92. The predicted molar refractivity (Wildman–Crippen MR) is 128 cm³/mol. The van der Waals surface area contributed by atoms with Crippen LogP contribution in [0.2, 0.25) is 0 Å². The third-order valence-electron chi connectivity index (χ3n) is 5.92. The van der Waals surface area contributed by atoms with Gasteiger partial charge in [0.2, 0.25) is 5.91 Å². The normalized spacial score (nSPS) is 15.1. The monoisotopic (exact) mass is 446 g/mol. The molecule has 3 aromatic rings. The van der Waals surface area contributed by atoms with Crippen LogP contribution in [0.1, 0.15) is 22.9 Å². The van der Waals surface area contributed by atoms with Gasteiger partial charge < -0.3 is 24.4 Å². The summed E-state index contributed by atoms with van der Waals surface area (Å²) in [5.74, 6) is -0.0909. The highest BCUT2D eigenvalue weighted by Crippen LogP contribution is 2.32. The van der Waals surface area contributed by atoms with E-state index in [0.717, 1.165) is 23.4 Å². The molecule has 1 aliphatic heterocycles. The fourth-order valence-corrected chi connectivity index (χ4v) is 4.27. The molecule has 0 bridgehead atoms. The number of anilines is 1. The molecule has 1 atom stereocenters. The SMILES string of the molecule is COCCN(CC(=O)N1CCn2cccc2C1c1ccccc1)C(=O)Nc1cccc(C)c1. The maximum Gasteiger partial charge on any atom is 0.322 e. The maximum atomic E-state index is 13.6. The van der Waals surface area contributed by atoms with Crippen molar-refractivity contribution in [1.29, 1.82) is 0 Å². The van der Waals surface area contributed by atoms with E-state index in [1.54, 1.807) is 7.11 Å². The van der Waals surface area contributed by atoms with Gasteiger partial charge in [0.05, 0.1) is 12.6 Å². The lowest BCUT2D eigenvalue weighted by molar-refractivity contribution is -0.134. The summed E-state index contributed by atoms with van der Waals surface area (Å²) in [5.41, 5.74) is 3.88. The van der Waals surface area contributed by atoms with E-state index in [1.165, 1.54) is 4.90 Å². The van der Waals surface area contributed by atoms with Crippen LogP contribution >= 0.6 is 0 Å². The lowest BCUT2D eigenvalue weighted by Gasteiger charge is -2.38. The van der Waals surface area contributed by atoms with Crippen molar-refractivity contribution in [3.63, 3.8) is 0 Å². The Morgan fingerprint density at radius 2 is 1.88 bits per heavy atom. The first-order valence-electron chi connectivity index (χ1n) is 11.2. The quantitative estimate of drug-likeness (QED) is 0.598. The molecule has 3 amide bonds. The Labute approximate surface area is 194 Å². The summed E-state index contributed by atoms with van der Waals surface area (Å²) < 4.78 is 7.38. The molecule has 0 fully saturated rings. The van der Waals surface area contributed by atoms with Gasteiger partial charge in [-0.25, -0.2) is 4.79 Å². The molecule has 2 aromatic carbocycles. The van der Waals surface area contributed by atoms with Gasteiger partial charge in [0.25, 0.3) is 0 Å². The van der Waals surface area contributed by atoms with E-state index in [1.807, 2.05) is 78.7 Å². The van der Waals surface area contributed by atoms with Gasteiger partial charge >= 0.3 is 6.03 Å². The van der Waals surface area contributed by atoms with Gasteiger partial charge in [0, 0.05) is 44.3 Å². The van der Waals surface area contributed by atoms with Gasteiger partial charge in [0.15, 0.2) is 0 Å². The van der Waals surface area contributed by atoms with Gasteiger partial charge in [-0.15, -0.1) is 0 Å². The van der Waals surface area contributed by atoms with Gasteiger partial charge in [0.1, 0.15) is 6.54 Å². The highest BCUT2D eigenvalue weighted by Gasteiger charge is 2.33. The number of nitrogens with zero attached hydrogens (tertiary/aromatic N) is 3. The highest BCUT2D eigenvalue weighted by molar-refractivity contribution is 5.92. The molecule has 1 aliphatic rings. The topological polar surface area (TPSA) is 66.8 Å². The van der Waals surface area contributed by atoms with Crippen LogP contribution in [0.5, 0.6) is 0 Å². The van der Waals surface area contributed by atoms with Crippen LogP contribution in [0.15, 0.2) is 72.9 Å². The Bertz CT molecular complexity index is 1100. The standard InChI is InChI=1S/C26H30N4O3/c1-20-8-6-11-22(18-20)27-26(32)29(16-17-33-2)19-24(31)30-15-14-28-13-7-12-23(28)25(30)21-9-4-3-5-10-21/h3-13,18,25H,14-17,19H2,1-2H3,(H,27,32). The molecule has 172 valence electrons. The molecule has 33 heavy (non-hydrogen) atoms. The van der Waals surface area contributed by atoms with Crippen molar-refractivity contribution in [2.24, 2.45) is 0 Å². The smallest absolute Gasteiger partial charge is 0.322 e. The zero-order valence-electron chi connectivity index (χ0n) is 19.1. The molecular weight excluding hydrogens is 416 g/mol. The number of benzene rings is 2. The van der Waals surface area contributed by atoms with Crippen molar-refractivity contribution in [2.75, 3.05) is 38.7 Å². The molecular formula is C26H30N4O3. The van der Waals surface area contributed by atoms with Crippen molar-refractivity contribution in [2.45, 2.75) is 19.5 Å². The average molecular weight is 447 g/mol. The molecule has 0 saturated heterocycles. The van der Waals surface area contributed by atoms with Crippen molar-refractivity contribution in [3.05, 3.63) is 89.7 Å². The summed E-state index contributed by atoms with van der Waals surface area (Å²) >= 11 is 0. The molecule has 2 heterocycles. The lowest BCUT2D eigenvalue weighted by Crippen LogP contribution is -2.49. The average Bonchev–Trinajstić information content (AvgIpc) is 3.30. The number of hydrogen-bond donors (Lipinski definition) is 1. The maximum absolute atomic E-state index is 13.6. The number of fused-ring (bicyclic) bond motifs is 1. The minimum absolute atomic E-state index is 0.0228. The molecule has 1 aromatic heterocycles. The van der Waals surface area contributed by atoms with Crippen LogP contribution in [-0.4, -0.2) is 59.7 Å². The van der Waals surface area contributed by atoms with E-state index in [4.69, 9.17) is 4.74 Å². The second-order valence-corrected chi connectivity index (χ2v) is 8.24. The zero-order chi connectivity index (χ0) is 23.2. The first-order valence-corrected chi connectivity index (χ1v) is 11.2. The Balaban J connectivity index is 1.54. The summed E-state index contributed by atoms with van der Waals surface area (Å²) in [5, 5.41) is 2.91. The Kier molecular flexibility index (Phi) is 7.10. The number of amides is 3. The molecule has 0 radical (unpaired) electrons. The van der Waals surface area contributed by atoms with E-state index >= 15 is 0 Å². The van der Waals surface area contributed by atoms with E-state index < -0.39 is 0 Å². The highest BCUT2D eigenvalue weighted by atomic mass is 16.5. The summed E-state index contributed by atoms with van der Waals surface area (Å²) in [6.07, 6.45) is 2.05. The Morgan fingerprint density at radius 1 is 1.06 bits per heavy atom. The Morgan fingerprint density at radius 3 is 2.64 bits per heavy atom. The van der Waals surface area contributed by atoms with Crippen LogP contribution in [0.4, 0.5) is 10.5 Å². The fraction of sp³-hybridized carbons (Fsp3) is 0.308. The first-order chi connectivity index (χ1) is 16.1. The predicted octanol–water partition coefficient (Wildman–Crippen LogP) is 3.91. The molecule has 0 saturated carbocycles. The van der Waals surface area contributed by atoms with Crippen LogP contribution in [0, 0.1) is 6.92 Å². The van der Waals surface area contributed by atoms with Gasteiger partial charge in [-0.2, -0.15) is 0 Å². The minimum atomic E-state index is -0.317. The van der Waals surface area contributed by atoms with E-state index in [2.05, 4.69) is 16.0 Å². The molecule has 0 aliphatic carbocycles. The number of aryl methyl sites for hydroxylation is 1. The van der Waals surface area contributed by atoms with Gasteiger partial charge in [-0.05, 0) is 42.3 Å². The minimum Gasteiger partial charge on any atom is -0.383 e. The van der Waals surface area contributed by atoms with Crippen LogP contribution < -0.4 is 5.32 Å². The van der Waals surface area contributed by atoms with Gasteiger partial charge in [-0.1, -0.05) is 42.5 Å². The zero-order valence-corrected chi connectivity index (χ0v) is 19.1. The molecule has 1 N–H and O–H groups in total. The van der Waals surface area contributed by atoms with E-state index in [-0.39, 0.29) is 24.5 Å².